The molecule has 0 amide bonds. The maximum Gasteiger partial charge on any atom is 0.146 e. The summed E-state index contributed by atoms with van der Waals surface area (Å²) in [5.74, 6) is 1.73. The van der Waals surface area contributed by atoms with Crippen LogP contribution in [-0.4, -0.2) is 11.0 Å². The van der Waals surface area contributed by atoms with E-state index in [1.165, 1.54) is 5.56 Å². The van der Waals surface area contributed by atoms with Crippen molar-refractivity contribution in [2.75, 3.05) is 11.1 Å². The van der Waals surface area contributed by atoms with Gasteiger partial charge < -0.3 is 16.3 Å². The van der Waals surface area contributed by atoms with Crippen molar-refractivity contribution in [1.82, 2.24) is 0 Å². The van der Waals surface area contributed by atoms with Crippen molar-refractivity contribution in [3.63, 3.8) is 0 Å². The second-order valence-electron chi connectivity index (χ2n) is 6.77. The Morgan fingerprint density at radius 2 is 1.84 bits per heavy atom. The third-order valence-electron chi connectivity index (χ3n) is 4.97. The third-order valence-corrected chi connectivity index (χ3v) is 5.21. The van der Waals surface area contributed by atoms with Gasteiger partial charge in [-0.15, -0.1) is 0 Å². The van der Waals surface area contributed by atoms with E-state index in [4.69, 9.17) is 17.3 Å². The highest BCUT2D eigenvalue weighted by Gasteiger charge is 2.23. The van der Waals surface area contributed by atoms with Crippen LogP contribution in [0.15, 0.2) is 53.7 Å². The van der Waals surface area contributed by atoms with Crippen LogP contribution < -0.4 is 11.1 Å². The molecule has 1 saturated carbocycles. The standard InChI is InChI=1S/C20H24ClN3O/c21-17-2-1-3-19(13-17)23-20(24-25)12-14-4-6-15(7-5-14)16-8-10-18(22)11-9-16/h1-3,8-11,13-15,25H,4-7,12,22H2,(H,23,24)/t14-,15+. The molecule has 0 atom stereocenters. The number of nitrogens with one attached hydrogen (secondary N) is 1. The van der Waals surface area contributed by atoms with Crippen molar-refractivity contribution in [3.05, 3.63) is 59.1 Å². The van der Waals surface area contributed by atoms with Crippen LogP contribution in [0.1, 0.15) is 43.6 Å². The Hall–Kier alpha value is -2.20. The number of oxime groups is 1. The molecule has 0 bridgehead atoms. The van der Waals surface area contributed by atoms with E-state index < -0.39 is 0 Å². The van der Waals surface area contributed by atoms with E-state index in [0.29, 0.717) is 22.7 Å². The first-order valence-corrected chi connectivity index (χ1v) is 9.11. The molecule has 3 rings (SSSR count). The van der Waals surface area contributed by atoms with Crippen molar-refractivity contribution >= 4 is 28.8 Å². The van der Waals surface area contributed by atoms with E-state index in [2.05, 4.69) is 22.6 Å². The zero-order valence-corrected chi connectivity index (χ0v) is 14.9. The summed E-state index contributed by atoms with van der Waals surface area (Å²) >= 11 is 6.00. The maximum absolute atomic E-state index is 9.32. The number of nitrogens with zero attached hydrogens (tertiary/aromatic N) is 1. The van der Waals surface area contributed by atoms with Crippen molar-refractivity contribution in [2.45, 2.75) is 38.0 Å². The molecule has 0 saturated heterocycles. The fourth-order valence-corrected chi connectivity index (χ4v) is 3.78. The van der Waals surface area contributed by atoms with E-state index >= 15 is 0 Å². The molecule has 1 aliphatic carbocycles. The van der Waals surface area contributed by atoms with Gasteiger partial charge in [-0.05, 0) is 73.4 Å². The fourth-order valence-electron chi connectivity index (χ4n) is 3.59. The third kappa shape index (κ3) is 4.89. The lowest BCUT2D eigenvalue weighted by Gasteiger charge is -2.29. The molecule has 1 fully saturated rings. The number of nitrogen functional groups attached to an aromatic ring is 1. The Morgan fingerprint density at radius 1 is 1.12 bits per heavy atom. The van der Waals surface area contributed by atoms with Crippen LogP contribution in [0, 0.1) is 5.92 Å². The molecule has 2 aromatic rings. The van der Waals surface area contributed by atoms with Gasteiger partial charge in [-0.25, -0.2) is 0 Å². The molecule has 1 aliphatic rings. The molecule has 0 heterocycles. The minimum Gasteiger partial charge on any atom is -0.409 e. The molecule has 0 unspecified atom stereocenters. The van der Waals surface area contributed by atoms with Gasteiger partial charge in [0.1, 0.15) is 5.84 Å². The number of rotatable bonds is 4. The summed E-state index contributed by atoms with van der Waals surface area (Å²) in [5, 5.41) is 16.6. The van der Waals surface area contributed by atoms with Crippen LogP contribution in [0.2, 0.25) is 5.02 Å². The lowest BCUT2D eigenvalue weighted by atomic mass is 9.77. The van der Waals surface area contributed by atoms with Gasteiger partial charge >= 0.3 is 0 Å². The minimum atomic E-state index is 0.530. The average molecular weight is 358 g/mol. The molecule has 0 radical (unpaired) electrons. The molecule has 4 N–H and O–H groups in total. The average Bonchev–Trinajstić information content (AvgIpc) is 2.62. The molecule has 132 valence electrons. The van der Waals surface area contributed by atoms with Crippen LogP contribution >= 0.6 is 11.6 Å². The van der Waals surface area contributed by atoms with Crippen molar-refractivity contribution in [3.8, 4) is 0 Å². The summed E-state index contributed by atoms with van der Waals surface area (Å²) in [5.41, 5.74) is 8.80. The fraction of sp³-hybridized carbons (Fsp3) is 0.350. The number of anilines is 2. The molecular formula is C20H24ClN3O. The lowest BCUT2D eigenvalue weighted by molar-refractivity contribution is 0.306. The highest BCUT2D eigenvalue weighted by Crippen LogP contribution is 2.37. The number of hydrogen-bond acceptors (Lipinski definition) is 3. The highest BCUT2D eigenvalue weighted by atomic mass is 35.5. The Morgan fingerprint density at radius 3 is 2.48 bits per heavy atom. The number of halogens is 1. The van der Waals surface area contributed by atoms with E-state index in [9.17, 15) is 5.21 Å². The van der Waals surface area contributed by atoms with Crippen molar-refractivity contribution in [2.24, 2.45) is 11.1 Å². The van der Waals surface area contributed by atoms with Crippen molar-refractivity contribution < 1.29 is 5.21 Å². The lowest BCUT2D eigenvalue weighted by Crippen LogP contribution is -2.21. The topological polar surface area (TPSA) is 70.6 Å². The number of nitrogens with two attached hydrogens (primary N) is 1. The SMILES string of the molecule is Nc1ccc([C@H]2CC[C@@H](C/C(=N/O)Nc3cccc(Cl)c3)CC2)cc1. The first-order chi connectivity index (χ1) is 12.1. The number of benzene rings is 2. The van der Waals surface area contributed by atoms with Crippen LogP contribution in [0.3, 0.4) is 0 Å². The summed E-state index contributed by atoms with van der Waals surface area (Å²) in [7, 11) is 0. The van der Waals surface area contributed by atoms with Gasteiger partial charge in [0.15, 0.2) is 0 Å². The molecule has 0 aliphatic heterocycles. The Labute approximate surface area is 153 Å². The van der Waals surface area contributed by atoms with E-state index in [1.54, 1.807) is 0 Å². The van der Waals surface area contributed by atoms with Crippen LogP contribution in [0.4, 0.5) is 11.4 Å². The number of amidine groups is 1. The van der Waals surface area contributed by atoms with Crippen LogP contribution in [-0.2, 0) is 0 Å². The van der Waals surface area contributed by atoms with Crippen LogP contribution in [0.25, 0.3) is 0 Å². The zero-order valence-electron chi connectivity index (χ0n) is 14.2. The molecule has 2 aromatic carbocycles. The van der Waals surface area contributed by atoms with Gasteiger partial charge in [0.05, 0.1) is 0 Å². The van der Waals surface area contributed by atoms with E-state index in [-0.39, 0.29) is 0 Å². The zero-order chi connectivity index (χ0) is 17.6. The Bertz CT molecular complexity index is 722. The number of hydrogen-bond donors (Lipinski definition) is 3. The predicted octanol–water partition coefficient (Wildman–Crippen LogP) is 5.49. The molecule has 5 heteroatoms. The minimum absolute atomic E-state index is 0.530. The Kier molecular flexibility index (Phi) is 5.82. The second kappa shape index (κ2) is 8.26. The molecular weight excluding hydrogens is 334 g/mol. The maximum atomic E-state index is 9.32. The normalized spacial score (nSPS) is 21.1. The molecule has 0 spiro atoms. The summed E-state index contributed by atoms with van der Waals surface area (Å²) in [6, 6.07) is 15.7. The van der Waals surface area contributed by atoms with Gasteiger partial charge in [-0.1, -0.05) is 35.0 Å². The summed E-state index contributed by atoms with van der Waals surface area (Å²) in [6.07, 6.45) is 5.32. The van der Waals surface area contributed by atoms with Gasteiger partial charge in [-0.2, -0.15) is 0 Å². The highest BCUT2D eigenvalue weighted by molar-refractivity contribution is 6.30. The van der Waals surface area contributed by atoms with E-state index in [0.717, 1.165) is 43.5 Å². The van der Waals surface area contributed by atoms with Gasteiger partial charge in [0.25, 0.3) is 0 Å². The Balaban J connectivity index is 1.53. The first-order valence-electron chi connectivity index (χ1n) is 8.73. The van der Waals surface area contributed by atoms with Gasteiger partial charge in [0, 0.05) is 22.8 Å². The second-order valence-corrected chi connectivity index (χ2v) is 7.21. The van der Waals surface area contributed by atoms with E-state index in [1.807, 2.05) is 36.4 Å². The molecule has 25 heavy (non-hydrogen) atoms. The quantitative estimate of drug-likeness (QED) is 0.223. The predicted molar refractivity (Wildman–Crippen MR) is 104 cm³/mol. The van der Waals surface area contributed by atoms with Gasteiger partial charge in [0.2, 0.25) is 0 Å². The van der Waals surface area contributed by atoms with Gasteiger partial charge in [-0.3, -0.25) is 0 Å². The molecule has 4 nitrogen and oxygen atoms in total. The summed E-state index contributed by atoms with van der Waals surface area (Å²) < 4.78 is 0. The molecule has 0 aromatic heterocycles. The summed E-state index contributed by atoms with van der Waals surface area (Å²) in [4.78, 5) is 0. The first kappa shape index (κ1) is 17.6. The smallest absolute Gasteiger partial charge is 0.146 e. The van der Waals surface area contributed by atoms with Crippen molar-refractivity contribution in [1.29, 1.82) is 0 Å². The van der Waals surface area contributed by atoms with Crippen LogP contribution in [0.5, 0.6) is 0 Å². The largest absolute Gasteiger partial charge is 0.409 e. The summed E-state index contributed by atoms with van der Waals surface area (Å²) in [6.45, 7) is 0. The monoisotopic (exact) mass is 357 g/mol.